The van der Waals surface area contributed by atoms with Crippen LogP contribution in [0.5, 0.6) is 0 Å². The summed E-state index contributed by atoms with van der Waals surface area (Å²) in [4.78, 5) is 16.2. The van der Waals surface area contributed by atoms with E-state index in [-0.39, 0.29) is 6.03 Å². The number of piperidine rings is 1. The lowest BCUT2D eigenvalue weighted by atomic mass is 10.1. The van der Waals surface area contributed by atoms with E-state index in [2.05, 4.69) is 12.2 Å². The molecule has 2 amide bonds. The fourth-order valence-corrected chi connectivity index (χ4v) is 2.34. The molecule has 1 fully saturated rings. The molecule has 0 saturated carbocycles. The Morgan fingerprint density at radius 2 is 1.69 bits per heavy atom. The van der Waals surface area contributed by atoms with Gasteiger partial charge in [-0.25, -0.2) is 4.79 Å². The van der Waals surface area contributed by atoms with Crippen molar-refractivity contribution in [2.24, 2.45) is 0 Å². The quantitative estimate of drug-likeness (QED) is 0.790. The monoisotopic (exact) mass is 227 g/mol. The molecule has 94 valence electrons. The van der Waals surface area contributed by atoms with Crippen LogP contribution in [0.4, 0.5) is 4.79 Å². The van der Waals surface area contributed by atoms with Gasteiger partial charge in [0.05, 0.1) is 0 Å². The van der Waals surface area contributed by atoms with Crippen molar-refractivity contribution in [2.75, 3.05) is 32.7 Å². The molecule has 0 spiro atoms. The van der Waals surface area contributed by atoms with Crippen molar-refractivity contribution in [1.29, 1.82) is 0 Å². The molecule has 1 saturated heterocycles. The second-order valence-corrected chi connectivity index (χ2v) is 4.22. The Labute approximate surface area is 99.0 Å². The van der Waals surface area contributed by atoms with Crippen molar-refractivity contribution in [3.63, 3.8) is 0 Å². The molecule has 0 aliphatic carbocycles. The highest BCUT2D eigenvalue weighted by atomic mass is 16.2. The molecule has 0 radical (unpaired) electrons. The summed E-state index contributed by atoms with van der Waals surface area (Å²) < 4.78 is 0. The maximum Gasteiger partial charge on any atom is 0.320 e. The Kier molecular flexibility index (Phi) is 5.60. The highest BCUT2D eigenvalue weighted by Gasteiger charge is 2.26. The van der Waals surface area contributed by atoms with Gasteiger partial charge in [-0.05, 0) is 46.7 Å². The lowest BCUT2D eigenvalue weighted by Gasteiger charge is -2.37. The highest BCUT2D eigenvalue weighted by molar-refractivity contribution is 5.74. The van der Waals surface area contributed by atoms with Crippen LogP contribution in [0.15, 0.2) is 0 Å². The molecular weight excluding hydrogens is 202 g/mol. The number of urea groups is 1. The molecule has 0 unspecified atom stereocenters. The second-order valence-electron chi connectivity index (χ2n) is 4.22. The molecule has 0 bridgehead atoms. The van der Waals surface area contributed by atoms with Gasteiger partial charge in [0.15, 0.2) is 0 Å². The molecule has 1 heterocycles. The first-order valence-electron chi connectivity index (χ1n) is 6.50. The van der Waals surface area contributed by atoms with Gasteiger partial charge in [0.25, 0.3) is 0 Å². The first-order valence-corrected chi connectivity index (χ1v) is 6.50. The molecule has 4 nitrogen and oxygen atoms in total. The number of carbonyl (C=O) groups is 1. The van der Waals surface area contributed by atoms with Crippen LogP contribution >= 0.6 is 0 Å². The molecule has 4 heteroatoms. The van der Waals surface area contributed by atoms with Gasteiger partial charge in [-0.3, -0.25) is 0 Å². The standard InChI is InChI=1S/C12H25N3O/c1-4-14(5-2)12(16)15(6-3)11-7-9-13-10-8-11/h11,13H,4-10H2,1-3H3. The summed E-state index contributed by atoms with van der Waals surface area (Å²) in [6.45, 7) is 10.6. The number of nitrogens with zero attached hydrogens (tertiary/aromatic N) is 2. The van der Waals surface area contributed by atoms with Gasteiger partial charge >= 0.3 is 6.03 Å². The van der Waals surface area contributed by atoms with E-state index in [0.717, 1.165) is 45.6 Å². The predicted octanol–water partition coefficient (Wildman–Crippen LogP) is 1.52. The average Bonchev–Trinajstić information content (AvgIpc) is 2.33. The fourth-order valence-electron chi connectivity index (χ4n) is 2.34. The molecule has 0 aromatic carbocycles. The third-order valence-corrected chi connectivity index (χ3v) is 3.37. The van der Waals surface area contributed by atoms with E-state index in [1.54, 1.807) is 0 Å². The summed E-state index contributed by atoms with van der Waals surface area (Å²) in [7, 11) is 0. The Balaban J connectivity index is 2.60. The minimum absolute atomic E-state index is 0.208. The van der Waals surface area contributed by atoms with Crippen LogP contribution in [0.2, 0.25) is 0 Å². The maximum atomic E-state index is 12.3. The van der Waals surface area contributed by atoms with Crippen LogP contribution in [0.25, 0.3) is 0 Å². The van der Waals surface area contributed by atoms with Crippen LogP contribution in [0.3, 0.4) is 0 Å². The summed E-state index contributed by atoms with van der Waals surface area (Å²) in [5.41, 5.74) is 0. The van der Waals surface area contributed by atoms with Crippen LogP contribution in [-0.2, 0) is 0 Å². The topological polar surface area (TPSA) is 35.6 Å². The van der Waals surface area contributed by atoms with E-state index >= 15 is 0 Å². The summed E-state index contributed by atoms with van der Waals surface area (Å²) in [5, 5.41) is 3.34. The van der Waals surface area contributed by atoms with Crippen molar-refractivity contribution in [3.05, 3.63) is 0 Å². The molecule has 0 atom stereocenters. The fraction of sp³-hybridized carbons (Fsp3) is 0.917. The third kappa shape index (κ3) is 3.11. The first kappa shape index (κ1) is 13.3. The van der Waals surface area contributed by atoms with Crippen molar-refractivity contribution >= 4 is 6.03 Å². The number of carbonyl (C=O) groups excluding carboxylic acids is 1. The van der Waals surface area contributed by atoms with Crippen LogP contribution < -0.4 is 5.32 Å². The third-order valence-electron chi connectivity index (χ3n) is 3.37. The van der Waals surface area contributed by atoms with Gasteiger partial charge in [0.1, 0.15) is 0 Å². The molecule has 0 aromatic rings. The highest BCUT2D eigenvalue weighted by Crippen LogP contribution is 2.13. The molecule has 16 heavy (non-hydrogen) atoms. The normalized spacial score (nSPS) is 17.2. The maximum absolute atomic E-state index is 12.3. The van der Waals surface area contributed by atoms with Crippen molar-refractivity contribution in [1.82, 2.24) is 15.1 Å². The number of hydrogen-bond acceptors (Lipinski definition) is 2. The molecule has 1 N–H and O–H groups in total. The average molecular weight is 227 g/mol. The van der Waals surface area contributed by atoms with Crippen molar-refractivity contribution in [2.45, 2.75) is 39.7 Å². The SMILES string of the molecule is CCN(CC)C(=O)N(CC)C1CCNCC1. The van der Waals surface area contributed by atoms with Crippen molar-refractivity contribution in [3.8, 4) is 0 Å². The van der Waals surface area contributed by atoms with Crippen molar-refractivity contribution < 1.29 is 4.79 Å². The summed E-state index contributed by atoms with van der Waals surface area (Å²) >= 11 is 0. The Morgan fingerprint density at radius 1 is 1.12 bits per heavy atom. The van der Waals surface area contributed by atoms with E-state index in [9.17, 15) is 4.79 Å². The smallest absolute Gasteiger partial charge is 0.320 e. The van der Waals surface area contributed by atoms with E-state index in [1.165, 1.54) is 0 Å². The number of nitrogens with one attached hydrogen (secondary N) is 1. The van der Waals surface area contributed by atoms with E-state index in [1.807, 2.05) is 23.6 Å². The van der Waals surface area contributed by atoms with Gasteiger partial charge in [-0.1, -0.05) is 0 Å². The van der Waals surface area contributed by atoms with Gasteiger partial charge < -0.3 is 15.1 Å². The molecule has 0 aromatic heterocycles. The Hall–Kier alpha value is -0.770. The van der Waals surface area contributed by atoms with Crippen LogP contribution in [-0.4, -0.2) is 54.6 Å². The Bertz CT molecular complexity index is 210. The number of hydrogen-bond donors (Lipinski definition) is 1. The molecular formula is C12H25N3O. The lowest BCUT2D eigenvalue weighted by Crippen LogP contribution is -2.51. The summed E-state index contributed by atoms with van der Waals surface area (Å²) in [5.74, 6) is 0. The van der Waals surface area contributed by atoms with Crippen LogP contribution in [0, 0.1) is 0 Å². The zero-order chi connectivity index (χ0) is 12.0. The second kappa shape index (κ2) is 6.74. The molecule has 1 aliphatic heterocycles. The first-order chi connectivity index (χ1) is 7.74. The number of amides is 2. The summed E-state index contributed by atoms with van der Waals surface area (Å²) in [6.07, 6.45) is 2.17. The van der Waals surface area contributed by atoms with E-state index < -0.39 is 0 Å². The predicted molar refractivity (Wildman–Crippen MR) is 66.6 cm³/mol. The number of rotatable bonds is 4. The largest absolute Gasteiger partial charge is 0.325 e. The van der Waals surface area contributed by atoms with Gasteiger partial charge in [0.2, 0.25) is 0 Å². The Morgan fingerprint density at radius 3 is 2.12 bits per heavy atom. The molecule has 1 rings (SSSR count). The molecule has 1 aliphatic rings. The zero-order valence-corrected chi connectivity index (χ0v) is 10.8. The van der Waals surface area contributed by atoms with E-state index in [0.29, 0.717) is 6.04 Å². The lowest BCUT2D eigenvalue weighted by molar-refractivity contribution is 0.129. The van der Waals surface area contributed by atoms with Gasteiger partial charge in [-0.15, -0.1) is 0 Å². The zero-order valence-electron chi connectivity index (χ0n) is 10.8. The van der Waals surface area contributed by atoms with E-state index in [4.69, 9.17) is 0 Å². The van der Waals surface area contributed by atoms with Gasteiger partial charge in [-0.2, -0.15) is 0 Å². The minimum Gasteiger partial charge on any atom is -0.325 e. The van der Waals surface area contributed by atoms with Crippen LogP contribution in [0.1, 0.15) is 33.6 Å². The summed E-state index contributed by atoms with van der Waals surface area (Å²) in [6, 6.07) is 0.638. The van der Waals surface area contributed by atoms with Gasteiger partial charge in [0, 0.05) is 25.7 Å². The minimum atomic E-state index is 0.208.